The lowest BCUT2D eigenvalue weighted by molar-refractivity contribution is 0.0657. The average molecular weight is 354 g/mol. The second-order valence-corrected chi connectivity index (χ2v) is 7.82. The zero-order valence-electron chi connectivity index (χ0n) is 16.5. The molecule has 4 nitrogen and oxygen atoms in total. The maximum absolute atomic E-state index is 5.67. The zero-order chi connectivity index (χ0) is 18.5. The number of benzene rings is 1. The summed E-state index contributed by atoms with van der Waals surface area (Å²) in [5.74, 6) is 1.90. The molecule has 1 saturated heterocycles. The van der Waals surface area contributed by atoms with Crippen molar-refractivity contribution in [3.8, 4) is 0 Å². The number of hydrogen-bond donors (Lipinski definition) is 0. The third-order valence-electron chi connectivity index (χ3n) is 5.06. The second kappa shape index (κ2) is 8.63. The first-order chi connectivity index (χ1) is 12.5. The van der Waals surface area contributed by atoms with E-state index in [1.165, 1.54) is 16.8 Å². The molecule has 1 aliphatic heterocycles. The second-order valence-electron chi connectivity index (χ2n) is 7.82. The lowest BCUT2D eigenvalue weighted by Crippen LogP contribution is -2.32. The molecule has 0 amide bonds. The molecule has 2 aromatic rings. The van der Waals surface area contributed by atoms with Gasteiger partial charge in [0.05, 0.1) is 12.7 Å². The van der Waals surface area contributed by atoms with Gasteiger partial charge in [-0.3, -0.25) is 0 Å². The van der Waals surface area contributed by atoms with Crippen LogP contribution in [0.15, 0.2) is 36.7 Å². The largest absolute Gasteiger partial charge is 0.374 e. The van der Waals surface area contributed by atoms with Crippen molar-refractivity contribution in [1.29, 1.82) is 0 Å². The molecule has 4 heteroatoms. The molecular formula is C22H31N3O. The summed E-state index contributed by atoms with van der Waals surface area (Å²) in [5, 5.41) is 0. The molecule has 3 rings (SSSR count). The molecule has 0 spiro atoms. The van der Waals surface area contributed by atoms with Crippen molar-refractivity contribution in [1.82, 2.24) is 9.97 Å². The van der Waals surface area contributed by atoms with Crippen LogP contribution in [0, 0.1) is 0 Å². The molecule has 0 bridgehead atoms. The van der Waals surface area contributed by atoms with E-state index >= 15 is 0 Å². The molecule has 0 atom stereocenters. The highest BCUT2D eigenvalue weighted by atomic mass is 16.5. The molecule has 0 saturated carbocycles. The van der Waals surface area contributed by atoms with E-state index < -0.39 is 0 Å². The van der Waals surface area contributed by atoms with Gasteiger partial charge in [0.2, 0.25) is 0 Å². The van der Waals surface area contributed by atoms with E-state index in [2.05, 4.69) is 66.8 Å². The quantitative estimate of drug-likeness (QED) is 0.739. The Morgan fingerprint density at radius 1 is 1.00 bits per heavy atom. The normalized spacial score (nSPS) is 15.8. The van der Waals surface area contributed by atoms with Gasteiger partial charge in [0, 0.05) is 37.1 Å². The van der Waals surface area contributed by atoms with Crippen molar-refractivity contribution in [3.05, 3.63) is 53.6 Å². The standard InChI is InChI=1S/C22H31N3O/c1-16(2)22-23-13-20(14-24-22)19-9-11-25(12-10-19)21-7-5-18(6-8-21)15-26-17(3)4/h5-8,13-14,16-17,19H,9-12,15H2,1-4H3. The lowest BCUT2D eigenvalue weighted by Gasteiger charge is -2.33. The van der Waals surface area contributed by atoms with Crippen LogP contribution in [0.2, 0.25) is 0 Å². The van der Waals surface area contributed by atoms with Crippen LogP contribution in [-0.2, 0) is 11.3 Å². The first-order valence-electron chi connectivity index (χ1n) is 9.80. The van der Waals surface area contributed by atoms with Gasteiger partial charge < -0.3 is 9.64 Å². The van der Waals surface area contributed by atoms with Crippen LogP contribution in [0.1, 0.15) is 69.3 Å². The summed E-state index contributed by atoms with van der Waals surface area (Å²) in [7, 11) is 0. The Bertz CT molecular complexity index is 672. The Balaban J connectivity index is 1.54. The summed E-state index contributed by atoms with van der Waals surface area (Å²) in [6, 6.07) is 8.81. The number of piperidine rings is 1. The number of anilines is 1. The van der Waals surface area contributed by atoms with E-state index in [1.807, 2.05) is 12.4 Å². The molecule has 0 unspecified atom stereocenters. The van der Waals surface area contributed by atoms with E-state index in [1.54, 1.807) is 0 Å². The molecule has 140 valence electrons. The van der Waals surface area contributed by atoms with E-state index in [0.717, 1.165) is 31.8 Å². The van der Waals surface area contributed by atoms with Gasteiger partial charge in [0.1, 0.15) is 5.82 Å². The molecule has 1 fully saturated rings. The van der Waals surface area contributed by atoms with Crippen LogP contribution >= 0.6 is 0 Å². The van der Waals surface area contributed by atoms with Gasteiger partial charge in [-0.05, 0) is 55.9 Å². The molecule has 0 radical (unpaired) electrons. The van der Waals surface area contributed by atoms with Gasteiger partial charge in [-0.25, -0.2) is 9.97 Å². The summed E-state index contributed by atoms with van der Waals surface area (Å²) in [5.41, 5.74) is 3.83. The SMILES string of the molecule is CC(C)OCc1ccc(N2CCC(c3cnc(C(C)C)nc3)CC2)cc1. The first-order valence-corrected chi connectivity index (χ1v) is 9.80. The fraction of sp³-hybridized carbons (Fsp3) is 0.545. The smallest absolute Gasteiger partial charge is 0.130 e. The summed E-state index contributed by atoms with van der Waals surface area (Å²) in [6.45, 7) is 11.3. The van der Waals surface area contributed by atoms with Crippen LogP contribution in [0.3, 0.4) is 0 Å². The van der Waals surface area contributed by atoms with Gasteiger partial charge in [-0.2, -0.15) is 0 Å². The maximum Gasteiger partial charge on any atom is 0.130 e. The van der Waals surface area contributed by atoms with Crippen LogP contribution in [-0.4, -0.2) is 29.2 Å². The minimum Gasteiger partial charge on any atom is -0.374 e. The van der Waals surface area contributed by atoms with E-state index in [0.29, 0.717) is 18.4 Å². The lowest BCUT2D eigenvalue weighted by atomic mass is 9.91. The number of nitrogens with zero attached hydrogens (tertiary/aromatic N) is 3. The molecule has 26 heavy (non-hydrogen) atoms. The maximum atomic E-state index is 5.67. The Hall–Kier alpha value is -1.94. The topological polar surface area (TPSA) is 38.2 Å². The van der Waals surface area contributed by atoms with Gasteiger partial charge in [0.25, 0.3) is 0 Å². The first kappa shape index (κ1) is 18.8. The molecule has 0 N–H and O–H groups in total. The highest BCUT2D eigenvalue weighted by molar-refractivity contribution is 5.48. The van der Waals surface area contributed by atoms with Crippen LogP contribution in [0.5, 0.6) is 0 Å². The van der Waals surface area contributed by atoms with Crippen molar-refractivity contribution in [2.24, 2.45) is 0 Å². The Morgan fingerprint density at radius 3 is 2.15 bits per heavy atom. The third-order valence-corrected chi connectivity index (χ3v) is 5.06. The number of rotatable bonds is 6. The van der Waals surface area contributed by atoms with E-state index in [-0.39, 0.29) is 6.10 Å². The van der Waals surface area contributed by atoms with Crippen molar-refractivity contribution in [2.45, 2.75) is 65.1 Å². The van der Waals surface area contributed by atoms with Crippen molar-refractivity contribution < 1.29 is 4.74 Å². The third kappa shape index (κ3) is 4.82. The minimum absolute atomic E-state index is 0.271. The number of aromatic nitrogens is 2. The van der Waals surface area contributed by atoms with E-state index in [9.17, 15) is 0 Å². The average Bonchev–Trinajstić information content (AvgIpc) is 2.67. The summed E-state index contributed by atoms with van der Waals surface area (Å²) < 4.78 is 5.67. The van der Waals surface area contributed by atoms with Gasteiger partial charge in [-0.15, -0.1) is 0 Å². The van der Waals surface area contributed by atoms with Crippen molar-refractivity contribution in [3.63, 3.8) is 0 Å². The van der Waals surface area contributed by atoms with Crippen molar-refractivity contribution >= 4 is 5.69 Å². The monoisotopic (exact) mass is 353 g/mol. The fourth-order valence-corrected chi connectivity index (χ4v) is 3.39. The number of ether oxygens (including phenoxy) is 1. The minimum atomic E-state index is 0.271. The predicted molar refractivity (Wildman–Crippen MR) is 107 cm³/mol. The van der Waals surface area contributed by atoms with Crippen LogP contribution in [0.25, 0.3) is 0 Å². The highest BCUT2D eigenvalue weighted by Gasteiger charge is 2.21. The molecular weight excluding hydrogens is 322 g/mol. The molecule has 1 aliphatic rings. The summed E-state index contributed by atoms with van der Waals surface area (Å²) in [4.78, 5) is 11.5. The van der Waals surface area contributed by atoms with Gasteiger partial charge in [0.15, 0.2) is 0 Å². The van der Waals surface area contributed by atoms with Gasteiger partial charge >= 0.3 is 0 Å². The van der Waals surface area contributed by atoms with Crippen LogP contribution in [0.4, 0.5) is 5.69 Å². The molecule has 0 aliphatic carbocycles. The Kier molecular flexibility index (Phi) is 6.25. The Labute approximate surface area is 157 Å². The predicted octanol–water partition coefficient (Wildman–Crippen LogP) is 4.91. The molecule has 1 aromatic heterocycles. The van der Waals surface area contributed by atoms with Gasteiger partial charge in [-0.1, -0.05) is 26.0 Å². The van der Waals surface area contributed by atoms with Crippen LogP contribution < -0.4 is 4.90 Å². The highest BCUT2D eigenvalue weighted by Crippen LogP contribution is 2.30. The fourth-order valence-electron chi connectivity index (χ4n) is 3.39. The molecule has 2 heterocycles. The Morgan fingerprint density at radius 2 is 1.62 bits per heavy atom. The number of hydrogen-bond acceptors (Lipinski definition) is 4. The summed E-state index contributed by atoms with van der Waals surface area (Å²) in [6.07, 6.45) is 6.65. The molecule has 1 aromatic carbocycles. The van der Waals surface area contributed by atoms with Crippen molar-refractivity contribution in [2.75, 3.05) is 18.0 Å². The van der Waals surface area contributed by atoms with E-state index in [4.69, 9.17) is 4.74 Å². The zero-order valence-corrected chi connectivity index (χ0v) is 16.5. The summed E-state index contributed by atoms with van der Waals surface area (Å²) >= 11 is 0.